The van der Waals surface area contributed by atoms with Crippen LogP contribution in [0.4, 0.5) is 0 Å². The Bertz CT molecular complexity index is 793. The van der Waals surface area contributed by atoms with Gasteiger partial charge in [-0.3, -0.25) is 0 Å². The van der Waals surface area contributed by atoms with Gasteiger partial charge in [-0.25, -0.2) is 9.55 Å². The summed E-state index contributed by atoms with van der Waals surface area (Å²) in [4.78, 5) is 4.82. The molecular weight excluding hydrogens is 332 g/mol. The average molecular weight is 348 g/mol. The summed E-state index contributed by atoms with van der Waals surface area (Å²) in [6.07, 6.45) is 4.25. The fraction of sp³-hybridized carbons (Fsp3) is 0.250. The molecule has 0 amide bonds. The molecule has 3 aromatic rings. The van der Waals surface area contributed by atoms with Crippen molar-refractivity contribution >= 4 is 37.5 Å². The molecule has 0 aliphatic rings. The van der Waals surface area contributed by atoms with Gasteiger partial charge in [0, 0.05) is 0 Å². The molecule has 0 atom stereocenters. The average Bonchev–Trinajstić information content (AvgIpc) is 2.82. The first-order valence-corrected chi connectivity index (χ1v) is 8.25. The number of halogens is 1. The zero-order valence-corrected chi connectivity index (χ0v) is 14.2. The highest BCUT2D eigenvalue weighted by molar-refractivity contribution is 9.10. The van der Waals surface area contributed by atoms with E-state index in [9.17, 15) is 0 Å². The first kappa shape index (κ1) is 13.7. The molecule has 0 fully saturated rings. The number of hydrogen-bond donors (Lipinski definition) is 0. The highest BCUT2D eigenvalue weighted by Crippen LogP contribution is 2.32. The van der Waals surface area contributed by atoms with Crippen molar-refractivity contribution in [1.82, 2.24) is 4.98 Å². The monoisotopic (exact) mass is 347 g/mol. The van der Waals surface area contributed by atoms with E-state index in [4.69, 9.17) is 4.98 Å². The second-order valence-corrected chi connectivity index (χ2v) is 6.97. The van der Waals surface area contributed by atoms with Crippen molar-refractivity contribution in [2.45, 2.75) is 27.3 Å². The lowest BCUT2D eigenvalue weighted by atomic mass is 10.1. The van der Waals surface area contributed by atoms with Crippen LogP contribution < -0.4 is 4.57 Å². The van der Waals surface area contributed by atoms with Gasteiger partial charge in [-0.2, -0.15) is 0 Å². The van der Waals surface area contributed by atoms with E-state index in [1.807, 2.05) is 0 Å². The largest absolute Gasteiger partial charge is 0.236 e. The van der Waals surface area contributed by atoms with Crippen molar-refractivity contribution in [1.29, 1.82) is 0 Å². The zero-order chi connectivity index (χ0) is 14.3. The number of pyridine rings is 1. The van der Waals surface area contributed by atoms with Gasteiger partial charge < -0.3 is 0 Å². The molecule has 0 spiro atoms. The fourth-order valence-electron chi connectivity index (χ4n) is 2.39. The number of thiazole rings is 1. The van der Waals surface area contributed by atoms with Crippen molar-refractivity contribution in [3.8, 4) is 10.6 Å². The standard InChI is InChI=1S/C16H16BrN2S/c1-4-19-8-12(7-13(17)9-19)16-18-15-11(3)5-10(2)6-14(15)20-16/h5-9H,4H2,1-3H3/q+1. The summed E-state index contributed by atoms with van der Waals surface area (Å²) in [6.45, 7) is 7.36. The number of aromatic nitrogens is 2. The predicted molar refractivity (Wildman–Crippen MR) is 88.1 cm³/mol. The van der Waals surface area contributed by atoms with E-state index < -0.39 is 0 Å². The second-order valence-electron chi connectivity index (χ2n) is 5.02. The van der Waals surface area contributed by atoms with E-state index in [2.05, 4.69) is 71.9 Å². The lowest BCUT2D eigenvalue weighted by Gasteiger charge is -1.97. The molecule has 2 aromatic heterocycles. The number of nitrogens with zero attached hydrogens (tertiary/aromatic N) is 2. The molecule has 0 N–H and O–H groups in total. The maximum absolute atomic E-state index is 4.82. The van der Waals surface area contributed by atoms with Gasteiger partial charge in [-0.05, 0) is 60.0 Å². The minimum atomic E-state index is 0.954. The maximum Gasteiger partial charge on any atom is 0.183 e. The van der Waals surface area contributed by atoms with E-state index in [0.717, 1.165) is 21.5 Å². The molecule has 102 valence electrons. The quantitative estimate of drug-likeness (QED) is 0.616. The summed E-state index contributed by atoms with van der Waals surface area (Å²) in [5, 5.41) is 1.08. The van der Waals surface area contributed by atoms with Crippen molar-refractivity contribution in [3.05, 3.63) is 46.2 Å². The number of aryl methyl sites for hydroxylation is 3. The Hall–Kier alpha value is -1.26. The molecule has 2 nitrogen and oxygen atoms in total. The predicted octanol–water partition coefficient (Wildman–Crippen LogP) is 4.65. The number of rotatable bonds is 2. The molecular formula is C16H16BrN2S+. The van der Waals surface area contributed by atoms with Gasteiger partial charge in [0.25, 0.3) is 0 Å². The lowest BCUT2D eigenvalue weighted by molar-refractivity contribution is -0.693. The van der Waals surface area contributed by atoms with Crippen LogP contribution in [0.3, 0.4) is 0 Å². The molecule has 0 aliphatic heterocycles. The van der Waals surface area contributed by atoms with Crippen LogP contribution in [0.15, 0.2) is 35.1 Å². The molecule has 4 heteroatoms. The molecule has 3 rings (SSSR count). The van der Waals surface area contributed by atoms with Crippen LogP contribution in [0.1, 0.15) is 18.1 Å². The van der Waals surface area contributed by atoms with E-state index in [1.54, 1.807) is 11.3 Å². The highest BCUT2D eigenvalue weighted by Gasteiger charge is 2.13. The van der Waals surface area contributed by atoms with Gasteiger partial charge >= 0.3 is 0 Å². The van der Waals surface area contributed by atoms with E-state index in [0.29, 0.717) is 0 Å². The summed E-state index contributed by atoms with van der Waals surface area (Å²) >= 11 is 5.34. The van der Waals surface area contributed by atoms with Crippen LogP contribution in [0, 0.1) is 13.8 Å². The molecule has 0 radical (unpaired) electrons. The molecule has 0 bridgehead atoms. The molecule has 2 heterocycles. The van der Waals surface area contributed by atoms with Crippen molar-refractivity contribution in [2.75, 3.05) is 0 Å². The Labute approximate surface area is 131 Å². The van der Waals surface area contributed by atoms with Gasteiger partial charge in [0.15, 0.2) is 12.4 Å². The van der Waals surface area contributed by atoms with E-state index >= 15 is 0 Å². The second kappa shape index (κ2) is 5.26. The summed E-state index contributed by atoms with van der Waals surface area (Å²) in [5.41, 5.74) is 4.84. The van der Waals surface area contributed by atoms with Crippen LogP contribution in [0.2, 0.25) is 0 Å². The number of hydrogen-bond acceptors (Lipinski definition) is 2. The van der Waals surface area contributed by atoms with E-state index in [1.165, 1.54) is 21.4 Å². The van der Waals surface area contributed by atoms with Crippen LogP contribution in [-0.4, -0.2) is 4.98 Å². The minimum absolute atomic E-state index is 0.954. The molecule has 20 heavy (non-hydrogen) atoms. The number of benzene rings is 1. The Kier molecular flexibility index (Phi) is 3.61. The van der Waals surface area contributed by atoms with Crippen LogP contribution in [0.25, 0.3) is 20.8 Å². The van der Waals surface area contributed by atoms with Gasteiger partial charge in [0.05, 0.1) is 20.3 Å². The molecule has 0 saturated carbocycles. The van der Waals surface area contributed by atoms with Gasteiger partial charge in [-0.1, -0.05) is 6.07 Å². The maximum atomic E-state index is 4.82. The first-order valence-electron chi connectivity index (χ1n) is 6.64. The minimum Gasteiger partial charge on any atom is -0.236 e. The molecule has 1 aromatic carbocycles. The third-order valence-electron chi connectivity index (χ3n) is 3.33. The molecule has 0 saturated heterocycles. The van der Waals surface area contributed by atoms with Crippen LogP contribution in [-0.2, 0) is 6.54 Å². The Balaban J connectivity index is 2.19. The smallest absolute Gasteiger partial charge is 0.183 e. The summed E-state index contributed by atoms with van der Waals surface area (Å²) in [7, 11) is 0. The first-order chi connectivity index (χ1) is 9.56. The highest BCUT2D eigenvalue weighted by atomic mass is 79.9. The molecule has 0 unspecified atom stereocenters. The normalized spacial score (nSPS) is 11.2. The third kappa shape index (κ3) is 2.50. The Morgan fingerprint density at radius 1 is 1.20 bits per heavy atom. The number of fused-ring (bicyclic) bond motifs is 1. The summed E-state index contributed by atoms with van der Waals surface area (Å²) in [6, 6.07) is 6.54. The van der Waals surface area contributed by atoms with Crippen LogP contribution in [0.5, 0.6) is 0 Å². The Morgan fingerprint density at radius 3 is 2.75 bits per heavy atom. The lowest BCUT2D eigenvalue weighted by Crippen LogP contribution is -2.31. The van der Waals surface area contributed by atoms with E-state index in [-0.39, 0.29) is 0 Å². The van der Waals surface area contributed by atoms with Gasteiger partial charge in [-0.15, -0.1) is 11.3 Å². The van der Waals surface area contributed by atoms with Crippen molar-refractivity contribution in [3.63, 3.8) is 0 Å². The zero-order valence-electron chi connectivity index (χ0n) is 11.8. The van der Waals surface area contributed by atoms with Crippen LogP contribution >= 0.6 is 27.3 Å². The van der Waals surface area contributed by atoms with Crippen molar-refractivity contribution in [2.24, 2.45) is 0 Å². The summed E-state index contributed by atoms with van der Waals surface area (Å²) < 4.78 is 4.52. The SMILES string of the molecule is CC[n+]1cc(Br)cc(-c2nc3c(C)cc(C)cc3s2)c1. The summed E-state index contributed by atoms with van der Waals surface area (Å²) in [5.74, 6) is 0. The topological polar surface area (TPSA) is 16.8 Å². The van der Waals surface area contributed by atoms with Gasteiger partial charge in [0.1, 0.15) is 11.6 Å². The van der Waals surface area contributed by atoms with Gasteiger partial charge in [0.2, 0.25) is 0 Å². The molecule has 0 aliphatic carbocycles. The Morgan fingerprint density at radius 2 is 2.00 bits per heavy atom. The van der Waals surface area contributed by atoms with Crippen molar-refractivity contribution < 1.29 is 4.57 Å². The third-order valence-corrected chi connectivity index (χ3v) is 4.81. The fourth-order valence-corrected chi connectivity index (χ4v) is 4.02.